The Bertz CT molecular complexity index is 1130. The molecule has 0 aliphatic heterocycles. The molecule has 5 N–H and O–H groups in total. The van der Waals surface area contributed by atoms with Crippen LogP contribution >= 0.6 is 11.6 Å². The Balaban J connectivity index is 1.60. The molecule has 7 nitrogen and oxygen atoms in total. The Morgan fingerprint density at radius 3 is 2.79 bits per heavy atom. The molecule has 2 aromatic carbocycles. The van der Waals surface area contributed by atoms with Crippen LogP contribution in [0, 0.1) is 0 Å². The third kappa shape index (κ3) is 3.71. The Morgan fingerprint density at radius 1 is 1.11 bits per heavy atom. The van der Waals surface area contributed by atoms with Gasteiger partial charge in [-0.2, -0.15) is 0 Å². The van der Waals surface area contributed by atoms with Crippen LogP contribution < -0.4 is 21.5 Å². The highest BCUT2D eigenvalue weighted by atomic mass is 35.5. The number of nitrogens with zero attached hydrogens (tertiary/aromatic N) is 3. The predicted molar refractivity (Wildman–Crippen MR) is 112 cm³/mol. The van der Waals surface area contributed by atoms with Crippen molar-refractivity contribution in [1.29, 1.82) is 0 Å². The minimum Gasteiger partial charge on any atom is -0.456 e. The van der Waals surface area contributed by atoms with E-state index < -0.39 is 0 Å². The molecule has 8 heteroatoms. The van der Waals surface area contributed by atoms with Crippen molar-refractivity contribution in [2.75, 3.05) is 17.6 Å². The topological polar surface area (TPSA) is 104 Å². The van der Waals surface area contributed by atoms with Gasteiger partial charge in [0.05, 0.1) is 10.5 Å². The summed E-state index contributed by atoms with van der Waals surface area (Å²) in [6.45, 7) is 1.21. The lowest BCUT2D eigenvalue weighted by Crippen LogP contribution is -2.10. The van der Waals surface area contributed by atoms with Crippen molar-refractivity contribution in [3.05, 3.63) is 66.1 Å². The number of anilines is 3. The number of nitrogens with one attached hydrogen (secondary N) is 1. The van der Waals surface area contributed by atoms with E-state index in [-0.39, 0.29) is 0 Å². The van der Waals surface area contributed by atoms with Gasteiger partial charge in [0.25, 0.3) is 0 Å². The molecule has 0 atom stereocenters. The first-order valence-corrected chi connectivity index (χ1v) is 9.12. The minimum atomic E-state index is 0.468. The molecule has 0 fully saturated rings. The number of rotatable bonds is 6. The fraction of sp³-hybridized carbons (Fsp3) is 0.100. The highest BCUT2D eigenvalue weighted by Gasteiger charge is 2.11. The van der Waals surface area contributed by atoms with Gasteiger partial charge in [0, 0.05) is 36.7 Å². The SMILES string of the molecule is NCCn1ccc2ncnc(Nc3ccc(Oc4cccc(N)c4)c(Cl)c3)c21. The number of hydrogen-bond acceptors (Lipinski definition) is 6. The van der Waals surface area contributed by atoms with Gasteiger partial charge in [0.15, 0.2) is 5.82 Å². The van der Waals surface area contributed by atoms with Gasteiger partial charge in [-0.15, -0.1) is 0 Å². The van der Waals surface area contributed by atoms with E-state index in [1.54, 1.807) is 24.3 Å². The van der Waals surface area contributed by atoms with Crippen LogP contribution in [0.15, 0.2) is 61.1 Å². The summed E-state index contributed by atoms with van der Waals surface area (Å²) in [5, 5.41) is 3.77. The average Bonchev–Trinajstić information content (AvgIpc) is 3.09. The molecule has 0 saturated carbocycles. The molecule has 0 aliphatic rings. The molecule has 2 aromatic heterocycles. The van der Waals surface area contributed by atoms with Crippen LogP contribution in [0.3, 0.4) is 0 Å². The molecule has 0 bridgehead atoms. The second-order valence-corrected chi connectivity index (χ2v) is 6.61. The van der Waals surface area contributed by atoms with Crippen molar-refractivity contribution < 1.29 is 4.74 Å². The van der Waals surface area contributed by atoms with Gasteiger partial charge in [-0.05, 0) is 36.4 Å². The van der Waals surface area contributed by atoms with Crippen LogP contribution in [-0.2, 0) is 6.54 Å². The lowest BCUT2D eigenvalue weighted by Gasteiger charge is -2.12. The Morgan fingerprint density at radius 2 is 2.00 bits per heavy atom. The van der Waals surface area contributed by atoms with Gasteiger partial charge < -0.3 is 26.1 Å². The fourth-order valence-corrected chi connectivity index (χ4v) is 3.17. The average molecular weight is 395 g/mol. The maximum atomic E-state index is 6.41. The number of nitrogen functional groups attached to an aromatic ring is 1. The van der Waals surface area contributed by atoms with E-state index in [1.807, 2.05) is 35.0 Å². The molecule has 4 rings (SSSR count). The number of hydrogen-bond donors (Lipinski definition) is 3. The van der Waals surface area contributed by atoms with Gasteiger partial charge >= 0.3 is 0 Å². The summed E-state index contributed by atoms with van der Waals surface area (Å²) in [6, 6.07) is 14.6. The monoisotopic (exact) mass is 394 g/mol. The van der Waals surface area contributed by atoms with Crippen LogP contribution in [0.2, 0.25) is 5.02 Å². The van der Waals surface area contributed by atoms with E-state index in [0.29, 0.717) is 41.1 Å². The molecular formula is C20H19ClN6O. The Hall–Kier alpha value is -3.29. The molecule has 28 heavy (non-hydrogen) atoms. The quantitative estimate of drug-likeness (QED) is 0.424. The molecule has 4 aromatic rings. The molecule has 2 heterocycles. The minimum absolute atomic E-state index is 0.468. The first-order chi connectivity index (χ1) is 13.6. The van der Waals surface area contributed by atoms with Crippen LogP contribution in [0.5, 0.6) is 11.5 Å². The second kappa shape index (κ2) is 7.75. The summed E-state index contributed by atoms with van der Waals surface area (Å²) in [6.07, 6.45) is 3.48. The summed E-state index contributed by atoms with van der Waals surface area (Å²) >= 11 is 6.41. The second-order valence-electron chi connectivity index (χ2n) is 6.20. The smallest absolute Gasteiger partial charge is 0.158 e. The van der Waals surface area contributed by atoms with Crippen molar-refractivity contribution in [1.82, 2.24) is 14.5 Å². The fourth-order valence-electron chi connectivity index (χ4n) is 2.95. The van der Waals surface area contributed by atoms with Gasteiger partial charge in [-0.1, -0.05) is 17.7 Å². The number of ether oxygens (including phenoxy) is 1. The van der Waals surface area contributed by atoms with Gasteiger partial charge in [0.2, 0.25) is 0 Å². The number of aromatic nitrogens is 3. The summed E-state index contributed by atoms with van der Waals surface area (Å²) < 4.78 is 7.85. The van der Waals surface area contributed by atoms with Crippen LogP contribution in [0.4, 0.5) is 17.2 Å². The van der Waals surface area contributed by atoms with Gasteiger partial charge in [-0.3, -0.25) is 0 Å². The summed E-state index contributed by atoms with van der Waals surface area (Å²) in [5.74, 6) is 1.85. The third-order valence-electron chi connectivity index (χ3n) is 4.20. The molecule has 0 aliphatic carbocycles. The van der Waals surface area contributed by atoms with Crippen LogP contribution in [0.25, 0.3) is 11.0 Å². The molecule has 0 amide bonds. The summed E-state index contributed by atoms with van der Waals surface area (Å²) in [7, 11) is 0. The van der Waals surface area contributed by atoms with E-state index in [1.165, 1.54) is 6.33 Å². The van der Waals surface area contributed by atoms with Crippen molar-refractivity contribution >= 4 is 39.8 Å². The van der Waals surface area contributed by atoms with E-state index in [2.05, 4.69) is 15.3 Å². The van der Waals surface area contributed by atoms with Crippen LogP contribution in [-0.4, -0.2) is 21.1 Å². The molecule has 0 spiro atoms. The highest BCUT2D eigenvalue weighted by Crippen LogP contribution is 2.33. The predicted octanol–water partition coefficient (Wildman–Crippen LogP) is 4.16. The van der Waals surface area contributed by atoms with Crippen molar-refractivity contribution in [3.8, 4) is 11.5 Å². The Kier molecular flexibility index (Phi) is 5.01. The third-order valence-corrected chi connectivity index (χ3v) is 4.50. The lowest BCUT2D eigenvalue weighted by molar-refractivity contribution is 0.483. The molecular weight excluding hydrogens is 376 g/mol. The summed E-state index contributed by atoms with van der Waals surface area (Å²) in [4.78, 5) is 8.68. The van der Waals surface area contributed by atoms with E-state index >= 15 is 0 Å². The standard InChI is InChI=1S/C20H19ClN6O/c21-16-11-14(4-5-18(16)28-15-3-1-2-13(23)10-15)26-20-19-17(24-12-25-20)6-8-27(19)9-7-22/h1-6,8,10-12H,7,9,22-23H2,(H,24,25,26). The van der Waals surface area contributed by atoms with Gasteiger partial charge in [0.1, 0.15) is 23.3 Å². The van der Waals surface area contributed by atoms with Crippen molar-refractivity contribution in [3.63, 3.8) is 0 Å². The largest absolute Gasteiger partial charge is 0.456 e. The van der Waals surface area contributed by atoms with Crippen molar-refractivity contribution in [2.45, 2.75) is 6.54 Å². The molecule has 0 unspecified atom stereocenters. The maximum Gasteiger partial charge on any atom is 0.158 e. The summed E-state index contributed by atoms with van der Waals surface area (Å²) in [5.41, 5.74) is 14.6. The number of nitrogens with two attached hydrogens (primary N) is 2. The van der Waals surface area contributed by atoms with E-state index in [0.717, 1.165) is 16.7 Å². The van der Waals surface area contributed by atoms with E-state index in [9.17, 15) is 0 Å². The van der Waals surface area contributed by atoms with Gasteiger partial charge in [-0.25, -0.2) is 9.97 Å². The molecule has 0 radical (unpaired) electrons. The zero-order chi connectivity index (χ0) is 19.5. The normalized spacial score (nSPS) is 10.9. The van der Waals surface area contributed by atoms with Crippen LogP contribution in [0.1, 0.15) is 0 Å². The maximum absolute atomic E-state index is 6.41. The number of fused-ring (bicyclic) bond motifs is 1. The molecule has 142 valence electrons. The zero-order valence-electron chi connectivity index (χ0n) is 15.0. The number of halogens is 1. The first-order valence-electron chi connectivity index (χ1n) is 8.74. The van der Waals surface area contributed by atoms with Crippen molar-refractivity contribution in [2.24, 2.45) is 5.73 Å². The molecule has 0 saturated heterocycles. The van der Waals surface area contributed by atoms with E-state index in [4.69, 9.17) is 27.8 Å². The lowest BCUT2D eigenvalue weighted by atomic mass is 10.2. The number of benzene rings is 2. The Labute approximate surface area is 166 Å². The highest BCUT2D eigenvalue weighted by molar-refractivity contribution is 6.32. The zero-order valence-corrected chi connectivity index (χ0v) is 15.7. The first kappa shape index (κ1) is 18.1.